The van der Waals surface area contributed by atoms with Crippen LogP contribution in [0.3, 0.4) is 0 Å². The predicted molar refractivity (Wildman–Crippen MR) is 48.4 cm³/mol. The summed E-state index contributed by atoms with van der Waals surface area (Å²) in [6, 6.07) is 0. The molecular weight excluding hydrogens is 142 g/mol. The van der Waals surface area contributed by atoms with Gasteiger partial charge in [-0.3, -0.25) is 4.90 Å². The summed E-state index contributed by atoms with van der Waals surface area (Å²) >= 11 is 0. The van der Waals surface area contributed by atoms with Crippen molar-refractivity contribution in [2.24, 2.45) is 5.73 Å². The summed E-state index contributed by atoms with van der Waals surface area (Å²) in [4.78, 5) is 2.39. The van der Waals surface area contributed by atoms with Crippen LogP contribution >= 0.6 is 0 Å². The molecule has 1 aliphatic heterocycles. The minimum atomic E-state index is 0. The smallest absolute Gasteiger partial charge is 0.0108 e. The molecule has 0 aromatic heterocycles. The Hall–Kier alpha value is -0.200. The quantitative estimate of drug-likeness (QED) is 0.425. The van der Waals surface area contributed by atoms with Gasteiger partial charge in [-0.1, -0.05) is 0 Å². The standard InChI is InChI=1S/C6H15N3.2H3N/c7-1-4-9-5-2-8-3-6-9;;/h8H,1-7H2;2*1H3. The molecule has 0 aromatic rings. The lowest BCUT2D eigenvalue weighted by Gasteiger charge is -2.26. The van der Waals surface area contributed by atoms with E-state index in [1.807, 2.05) is 0 Å². The molecule has 0 unspecified atom stereocenters. The van der Waals surface area contributed by atoms with Crippen molar-refractivity contribution in [2.45, 2.75) is 0 Å². The Labute approximate surface area is 68.5 Å². The van der Waals surface area contributed by atoms with Crippen LogP contribution in [0.5, 0.6) is 0 Å². The first-order valence-electron chi connectivity index (χ1n) is 3.56. The van der Waals surface area contributed by atoms with E-state index in [1.165, 1.54) is 0 Å². The van der Waals surface area contributed by atoms with Gasteiger partial charge in [0.1, 0.15) is 0 Å². The first-order chi connectivity index (χ1) is 4.43. The Morgan fingerprint density at radius 3 is 2.18 bits per heavy atom. The van der Waals surface area contributed by atoms with Crippen LogP contribution in [0.15, 0.2) is 0 Å². The highest BCUT2D eigenvalue weighted by molar-refractivity contribution is 4.66. The van der Waals surface area contributed by atoms with Crippen LogP contribution in [0.2, 0.25) is 0 Å². The number of piperazine rings is 1. The molecule has 5 heteroatoms. The van der Waals surface area contributed by atoms with Gasteiger partial charge in [0.15, 0.2) is 0 Å². The molecule has 0 radical (unpaired) electrons. The fourth-order valence-electron chi connectivity index (χ4n) is 1.12. The largest absolute Gasteiger partial charge is 0.344 e. The lowest BCUT2D eigenvalue weighted by molar-refractivity contribution is 0.247. The van der Waals surface area contributed by atoms with Crippen molar-refractivity contribution in [2.75, 3.05) is 39.3 Å². The SMILES string of the molecule is N.N.NCCN1CCNCC1. The number of nitrogens with zero attached hydrogens (tertiary/aromatic N) is 1. The van der Waals surface area contributed by atoms with Gasteiger partial charge in [0, 0.05) is 39.3 Å². The zero-order valence-electron chi connectivity index (χ0n) is 7.18. The maximum atomic E-state index is 5.40. The molecule has 1 heterocycles. The molecule has 1 fully saturated rings. The molecule has 9 N–H and O–H groups in total. The second kappa shape index (κ2) is 7.90. The van der Waals surface area contributed by atoms with Crippen LogP contribution in [-0.2, 0) is 0 Å². The van der Waals surface area contributed by atoms with E-state index >= 15 is 0 Å². The topological polar surface area (TPSA) is 111 Å². The summed E-state index contributed by atoms with van der Waals surface area (Å²) in [6.45, 7) is 6.43. The average molecular weight is 163 g/mol. The van der Waals surface area contributed by atoms with Crippen LogP contribution in [-0.4, -0.2) is 44.2 Å². The first-order valence-corrected chi connectivity index (χ1v) is 3.56. The third-order valence-electron chi connectivity index (χ3n) is 1.65. The van der Waals surface area contributed by atoms with Gasteiger partial charge >= 0.3 is 0 Å². The monoisotopic (exact) mass is 163 g/mol. The summed E-state index contributed by atoms with van der Waals surface area (Å²) in [7, 11) is 0. The third kappa shape index (κ3) is 5.11. The molecule has 5 nitrogen and oxygen atoms in total. The van der Waals surface area contributed by atoms with E-state index in [2.05, 4.69) is 10.2 Å². The summed E-state index contributed by atoms with van der Waals surface area (Å²) in [5.41, 5.74) is 5.40. The van der Waals surface area contributed by atoms with Crippen molar-refractivity contribution in [3.63, 3.8) is 0 Å². The van der Waals surface area contributed by atoms with Gasteiger partial charge in [0.25, 0.3) is 0 Å². The third-order valence-corrected chi connectivity index (χ3v) is 1.65. The number of nitrogens with one attached hydrogen (secondary N) is 1. The summed E-state index contributed by atoms with van der Waals surface area (Å²) in [6.07, 6.45) is 0. The molecule has 0 bridgehead atoms. The first kappa shape index (κ1) is 13.4. The molecule has 0 saturated carbocycles. The van der Waals surface area contributed by atoms with Gasteiger partial charge in [-0.2, -0.15) is 0 Å². The Morgan fingerprint density at radius 1 is 1.18 bits per heavy atom. The highest BCUT2D eigenvalue weighted by Gasteiger charge is 2.06. The molecule has 0 atom stereocenters. The van der Waals surface area contributed by atoms with Crippen molar-refractivity contribution >= 4 is 0 Å². The molecule has 1 aliphatic rings. The van der Waals surface area contributed by atoms with Crippen molar-refractivity contribution < 1.29 is 0 Å². The summed E-state index contributed by atoms with van der Waals surface area (Å²) < 4.78 is 0. The fraction of sp³-hybridized carbons (Fsp3) is 1.00. The zero-order chi connectivity index (χ0) is 6.53. The van der Waals surface area contributed by atoms with E-state index in [1.54, 1.807) is 0 Å². The van der Waals surface area contributed by atoms with Crippen LogP contribution in [0.1, 0.15) is 0 Å². The maximum absolute atomic E-state index is 5.40. The second-order valence-electron chi connectivity index (χ2n) is 2.38. The van der Waals surface area contributed by atoms with E-state index in [-0.39, 0.29) is 12.3 Å². The second-order valence-corrected chi connectivity index (χ2v) is 2.38. The minimum Gasteiger partial charge on any atom is -0.344 e. The molecular formula is C6H21N5. The van der Waals surface area contributed by atoms with Crippen LogP contribution in [0.4, 0.5) is 0 Å². The number of hydrogen-bond donors (Lipinski definition) is 4. The summed E-state index contributed by atoms with van der Waals surface area (Å²) in [5, 5.41) is 3.29. The average Bonchev–Trinajstić information content (AvgIpc) is 1.91. The van der Waals surface area contributed by atoms with Gasteiger partial charge in [0.05, 0.1) is 0 Å². The number of hydrogen-bond acceptors (Lipinski definition) is 5. The zero-order valence-corrected chi connectivity index (χ0v) is 7.18. The Kier molecular flexibility index (Phi) is 9.62. The van der Waals surface area contributed by atoms with E-state index in [0.29, 0.717) is 0 Å². The molecule has 0 aliphatic carbocycles. The van der Waals surface area contributed by atoms with Gasteiger partial charge < -0.3 is 23.4 Å². The van der Waals surface area contributed by atoms with Crippen molar-refractivity contribution in [1.82, 2.24) is 22.5 Å². The van der Waals surface area contributed by atoms with E-state index in [9.17, 15) is 0 Å². The Balaban J connectivity index is 0. The van der Waals surface area contributed by atoms with Gasteiger partial charge in [-0.15, -0.1) is 0 Å². The van der Waals surface area contributed by atoms with Crippen molar-refractivity contribution in [3.8, 4) is 0 Å². The summed E-state index contributed by atoms with van der Waals surface area (Å²) in [5.74, 6) is 0. The van der Waals surface area contributed by atoms with Crippen LogP contribution in [0, 0.1) is 0 Å². The van der Waals surface area contributed by atoms with Crippen molar-refractivity contribution in [3.05, 3.63) is 0 Å². The lowest BCUT2D eigenvalue weighted by atomic mass is 10.3. The van der Waals surface area contributed by atoms with Gasteiger partial charge in [-0.05, 0) is 0 Å². The predicted octanol–water partition coefficient (Wildman–Crippen LogP) is -0.826. The number of rotatable bonds is 2. The van der Waals surface area contributed by atoms with Gasteiger partial charge in [0.2, 0.25) is 0 Å². The highest BCUT2D eigenvalue weighted by Crippen LogP contribution is 1.88. The number of nitrogens with two attached hydrogens (primary N) is 1. The molecule has 0 spiro atoms. The van der Waals surface area contributed by atoms with Gasteiger partial charge in [-0.25, -0.2) is 0 Å². The molecule has 1 rings (SSSR count). The molecule has 70 valence electrons. The van der Waals surface area contributed by atoms with Crippen LogP contribution < -0.4 is 23.4 Å². The van der Waals surface area contributed by atoms with E-state index < -0.39 is 0 Å². The lowest BCUT2D eigenvalue weighted by Crippen LogP contribution is -2.45. The van der Waals surface area contributed by atoms with Crippen LogP contribution in [0.25, 0.3) is 0 Å². The highest BCUT2D eigenvalue weighted by atomic mass is 15.2. The minimum absolute atomic E-state index is 0. The Bertz CT molecular complexity index is 68.6. The molecule has 0 aromatic carbocycles. The molecule has 0 amide bonds. The molecule has 11 heavy (non-hydrogen) atoms. The maximum Gasteiger partial charge on any atom is 0.0108 e. The van der Waals surface area contributed by atoms with Crippen molar-refractivity contribution in [1.29, 1.82) is 0 Å². The normalized spacial score (nSPS) is 18.3. The molecule has 1 saturated heterocycles. The van der Waals surface area contributed by atoms with E-state index in [4.69, 9.17) is 5.73 Å². The fourth-order valence-corrected chi connectivity index (χ4v) is 1.12. The Morgan fingerprint density at radius 2 is 1.73 bits per heavy atom. The van der Waals surface area contributed by atoms with E-state index in [0.717, 1.165) is 39.3 Å².